The third-order valence-electron chi connectivity index (χ3n) is 5.89. The van der Waals surface area contributed by atoms with Crippen LogP contribution in [0.3, 0.4) is 0 Å². The maximum absolute atomic E-state index is 12.4. The number of fused-ring (bicyclic) bond motifs is 2. The largest absolute Gasteiger partial charge is 0.287 e. The number of hydrogen-bond acceptors (Lipinski definition) is 6. The van der Waals surface area contributed by atoms with Crippen LogP contribution in [0.4, 0.5) is 0 Å². The monoisotopic (exact) mass is 508 g/mol. The zero-order valence-electron chi connectivity index (χ0n) is 19.7. The number of hydrogen-bond donors (Lipinski definition) is 0. The van der Waals surface area contributed by atoms with Crippen LogP contribution in [0.25, 0.3) is 16.8 Å². The van der Waals surface area contributed by atoms with E-state index in [-0.39, 0.29) is 10.2 Å². The molecule has 0 aliphatic heterocycles. The lowest BCUT2D eigenvalue weighted by Crippen LogP contribution is -1.95. The number of carbonyl (C=O) groups excluding carboxylic acids is 2. The Morgan fingerprint density at radius 2 is 1.42 bits per heavy atom. The third kappa shape index (κ3) is 6.98. The Hall–Kier alpha value is -3.58. The van der Waals surface area contributed by atoms with E-state index in [1.807, 2.05) is 60.7 Å². The number of unbranched alkanes of at least 4 members (excludes halogenated alkanes) is 2. The highest BCUT2D eigenvalue weighted by molar-refractivity contribution is 8.17. The van der Waals surface area contributed by atoms with E-state index in [0.717, 1.165) is 57.4 Å². The van der Waals surface area contributed by atoms with Gasteiger partial charge in [0, 0.05) is 22.6 Å². The summed E-state index contributed by atoms with van der Waals surface area (Å²) in [6, 6.07) is 21.3. The smallest absolute Gasteiger partial charge is 0.193 e. The second kappa shape index (κ2) is 12.4. The molecule has 0 atom stereocenters. The molecule has 0 saturated carbocycles. The molecule has 3 aromatic carbocycles. The number of benzene rings is 3. The Morgan fingerprint density at radius 3 is 2.19 bits per heavy atom. The fraction of sp³-hybridized carbons (Fsp3) is 0.200. The predicted molar refractivity (Wildman–Crippen MR) is 147 cm³/mol. The van der Waals surface area contributed by atoms with Crippen LogP contribution in [0, 0.1) is 22.7 Å². The lowest BCUT2D eigenvalue weighted by atomic mass is 10.0. The van der Waals surface area contributed by atoms with E-state index in [2.05, 4.69) is 18.2 Å². The van der Waals surface area contributed by atoms with E-state index in [0.29, 0.717) is 24.0 Å². The summed E-state index contributed by atoms with van der Waals surface area (Å²) in [7, 11) is 0. The first-order valence-electron chi connectivity index (χ1n) is 11.8. The van der Waals surface area contributed by atoms with Crippen molar-refractivity contribution in [3.63, 3.8) is 0 Å². The fourth-order valence-corrected chi connectivity index (χ4v) is 5.61. The molecule has 0 saturated heterocycles. The van der Waals surface area contributed by atoms with Crippen molar-refractivity contribution >= 4 is 50.6 Å². The van der Waals surface area contributed by atoms with E-state index >= 15 is 0 Å². The molecular weight excluding hydrogens is 484 g/mol. The molecule has 1 aliphatic rings. The van der Waals surface area contributed by atoms with Crippen molar-refractivity contribution in [2.24, 2.45) is 0 Å². The minimum Gasteiger partial charge on any atom is -0.287 e. The Balaban J connectivity index is 1.16. The van der Waals surface area contributed by atoms with Crippen molar-refractivity contribution in [2.75, 3.05) is 0 Å². The molecule has 0 N–H and O–H groups in total. The van der Waals surface area contributed by atoms with E-state index in [4.69, 9.17) is 10.5 Å². The molecule has 0 fully saturated rings. The van der Waals surface area contributed by atoms with Gasteiger partial charge in [0.25, 0.3) is 0 Å². The summed E-state index contributed by atoms with van der Waals surface area (Å²) in [5.74, 6) is 0. The zero-order valence-corrected chi connectivity index (χ0v) is 21.3. The van der Waals surface area contributed by atoms with Crippen LogP contribution in [-0.2, 0) is 16.0 Å². The third-order valence-corrected chi connectivity index (χ3v) is 7.78. The van der Waals surface area contributed by atoms with Crippen molar-refractivity contribution in [1.29, 1.82) is 10.5 Å². The molecule has 4 nitrogen and oxygen atoms in total. The number of nitrogens with zero attached hydrogens (tertiary/aromatic N) is 2. The van der Waals surface area contributed by atoms with Crippen molar-refractivity contribution in [3.05, 3.63) is 93.9 Å². The van der Waals surface area contributed by atoms with E-state index in [1.165, 1.54) is 23.5 Å². The number of rotatable bonds is 8. The van der Waals surface area contributed by atoms with Crippen molar-refractivity contribution in [2.45, 2.75) is 43.4 Å². The summed E-state index contributed by atoms with van der Waals surface area (Å²) >= 11 is 2.51. The Bertz CT molecular complexity index is 1460. The molecule has 4 rings (SSSR count). The molecule has 0 radical (unpaired) electrons. The number of thioether (sulfide) groups is 2. The van der Waals surface area contributed by atoms with Gasteiger partial charge < -0.3 is 0 Å². The van der Waals surface area contributed by atoms with Gasteiger partial charge in [0.05, 0.1) is 23.3 Å². The highest BCUT2D eigenvalue weighted by atomic mass is 32.2. The Kier molecular flexibility index (Phi) is 8.79. The lowest BCUT2D eigenvalue weighted by molar-refractivity contribution is -0.111. The first-order valence-corrected chi connectivity index (χ1v) is 13.4. The van der Waals surface area contributed by atoms with Gasteiger partial charge in [0.1, 0.15) is 0 Å². The number of carbonyl (C=O) groups is 2. The van der Waals surface area contributed by atoms with Gasteiger partial charge in [0.15, 0.2) is 10.2 Å². The van der Waals surface area contributed by atoms with Crippen LogP contribution >= 0.6 is 23.5 Å². The van der Waals surface area contributed by atoms with Crippen LogP contribution in [-0.4, -0.2) is 10.2 Å². The van der Waals surface area contributed by atoms with Crippen molar-refractivity contribution < 1.29 is 9.59 Å². The van der Waals surface area contributed by atoms with Gasteiger partial charge in [-0.3, -0.25) is 9.59 Å². The summed E-state index contributed by atoms with van der Waals surface area (Å²) in [6.07, 6.45) is 10.0. The number of allylic oxidation sites excluding steroid dienone is 2. The first kappa shape index (κ1) is 25.5. The number of nitriles is 2. The second-order valence-corrected chi connectivity index (χ2v) is 10.8. The molecule has 178 valence electrons. The van der Waals surface area contributed by atoms with Gasteiger partial charge in [-0.05, 0) is 83.6 Å². The normalized spacial score (nSPS) is 12.2. The summed E-state index contributed by atoms with van der Waals surface area (Å²) in [4.78, 5) is 26.7. The van der Waals surface area contributed by atoms with Crippen LogP contribution in [0.2, 0.25) is 0 Å². The molecule has 0 heterocycles. The highest BCUT2D eigenvalue weighted by Gasteiger charge is 2.11. The average molecular weight is 509 g/mol. The van der Waals surface area contributed by atoms with Crippen molar-refractivity contribution in [3.8, 4) is 12.1 Å². The molecule has 0 bridgehead atoms. The minimum atomic E-state index is 0.122. The molecule has 0 unspecified atom stereocenters. The maximum Gasteiger partial charge on any atom is 0.193 e. The second-order valence-electron chi connectivity index (χ2n) is 8.51. The zero-order chi connectivity index (χ0) is 25.3. The van der Waals surface area contributed by atoms with Crippen LogP contribution < -0.4 is 0 Å². The van der Waals surface area contributed by atoms with Crippen molar-refractivity contribution in [1.82, 2.24) is 0 Å². The summed E-state index contributed by atoms with van der Waals surface area (Å²) < 4.78 is 0. The quantitative estimate of drug-likeness (QED) is 0.231. The summed E-state index contributed by atoms with van der Waals surface area (Å²) in [6.45, 7) is 0. The molecular formula is C30H24N2O2S2. The molecule has 0 spiro atoms. The van der Waals surface area contributed by atoms with Crippen LogP contribution in [0.1, 0.15) is 54.4 Å². The van der Waals surface area contributed by atoms with Gasteiger partial charge in [-0.2, -0.15) is 10.5 Å². The van der Waals surface area contributed by atoms with Gasteiger partial charge >= 0.3 is 0 Å². The van der Waals surface area contributed by atoms with Gasteiger partial charge in [-0.1, -0.05) is 60.3 Å². The van der Waals surface area contributed by atoms with Gasteiger partial charge in [-0.25, -0.2) is 0 Å². The van der Waals surface area contributed by atoms with Gasteiger partial charge in [-0.15, -0.1) is 0 Å². The Morgan fingerprint density at radius 1 is 0.750 bits per heavy atom. The summed E-state index contributed by atoms with van der Waals surface area (Å²) in [5, 5.41) is 20.4. The van der Waals surface area contributed by atoms with E-state index in [1.54, 1.807) is 6.07 Å². The average Bonchev–Trinajstić information content (AvgIpc) is 3.09. The van der Waals surface area contributed by atoms with Gasteiger partial charge in [0.2, 0.25) is 0 Å². The van der Waals surface area contributed by atoms with Crippen LogP contribution in [0.15, 0.2) is 76.5 Å². The first-order chi connectivity index (χ1) is 17.5. The van der Waals surface area contributed by atoms with Crippen LogP contribution in [0.5, 0.6) is 0 Å². The Labute approximate surface area is 219 Å². The van der Waals surface area contributed by atoms with E-state index < -0.39 is 0 Å². The lowest BCUT2D eigenvalue weighted by Gasteiger charge is -2.04. The topological polar surface area (TPSA) is 81.7 Å². The predicted octanol–water partition coefficient (Wildman–Crippen LogP) is 7.57. The summed E-state index contributed by atoms with van der Waals surface area (Å²) in [5.41, 5.74) is 3.43. The minimum absolute atomic E-state index is 0.122. The molecule has 0 amide bonds. The molecule has 3 aromatic rings. The molecule has 1 aliphatic carbocycles. The fourth-order valence-electron chi connectivity index (χ4n) is 3.97. The molecule has 0 aromatic heterocycles. The maximum atomic E-state index is 12.4. The highest BCUT2D eigenvalue weighted by Crippen LogP contribution is 2.28. The molecule has 6 heteroatoms. The molecule has 36 heavy (non-hydrogen) atoms. The van der Waals surface area contributed by atoms with E-state index in [9.17, 15) is 9.59 Å². The standard InChI is InChI=1S/C30H24N2O2S2/c31-19-21-6-8-23-10-13-27(14-11-24(23)16-21)35-29(33)4-2-1-3-5-30(34)36-28-15-12-25-17-22(20-32)7-9-26(25)18-28/h6-9,11-18H,1-5,10H2. The SMILES string of the molecule is N#Cc1ccc2c(c1)C=CC(SC(=O)CCCCCC(=O)Sc1ccc3cc(C#N)ccc3c1)=CC2.